The Hall–Kier alpha value is -2.11. The van der Waals surface area contributed by atoms with Crippen LogP contribution in [0.25, 0.3) is 11.3 Å². The summed E-state index contributed by atoms with van der Waals surface area (Å²) in [5, 5.41) is 9.99. The van der Waals surface area contributed by atoms with Crippen molar-refractivity contribution in [3.63, 3.8) is 0 Å². The van der Waals surface area contributed by atoms with Gasteiger partial charge in [-0.2, -0.15) is 0 Å². The molecule has 2 heterocycles. The van der Waals surface area contributed by atoms with Crippen molar-refractivity contribution in [3.8, 4) is 11.3 Å². The number of furan rings is 1. The van der Waals surface area contributed by atoms with Crippen LogP contribution in [0.3, 0.4) is 0 Å². The van der Waals surface area contributed by atoms with Crippen molar-refractivity contribution < 1.29 is 19.1 Å². The summed E-state index contributed by atoms with van der Waals surface area (Å²) in [4.78, 5) is 14.3. The highest BCUT2D eigenvalue weighted by molar-refractivity contribution is 5.95. The molecule has 1 aliphatic rings. The van der Waals surface area contributed by atoms with Gasteiger partial charge >= 0.3 is 0 Å². The van der Waals surface area contributed by atoms with Crippen molar-refractivity contribution in [3.05, 3.63) is 47.7 Å². The van der Waals surface area contributed by atoms with Gasteiger partial charge in [0.1, 0.15) is 17.6 Å². The molecule has 1 N–H and O–H groups in total. The van der Waals surface area contributed by atoms with Crippen molar-refractivity contribution in [2.45, 2.75) is 26.1 Å². The first-order valence-electron chi connectivity index (χ1n) is 7.84. The fraction of sp³-hybridized carbons (Fsp3) is 0.389. The van der Waals surface area contributed by atoms with Crippen LogP contribution in [-0.2, 0) is 4.74 Å². The molecule has 5 nitrogen and oxygen atoms in total. The van der Waals surface area contributed by atoms with Crippen LogP contribution in [0.2, 0.25) is 0 Å². The zero-order chi connectivity index (χ0) is 16.4. The zero-order valence-corrected chi connectivity index (χ0v) is 13.4. The fourth-order valence-corrected chi connectivity index (χ4v) is 2.88. The number of carbonyl (C=O) groups excluding carboxylic acids is 1. The van der Waals surface area contributed by atoms with Gasteiger partial charge in [0.05, 0.1) is 6.10 Å². The number of likely N-dealkylation sites (tertiary alicyclic amines) is 1. The van der Waals surface area contributed by atoms with E-state index < -0.39 is 6.10 Å². The van der Waals surface area contributed by atoms with E-state index in [0.717, 1.165) is 17.1 Å². The van der Waals surface area contributed by atoms with Gasteiger partial charge in [-0.15, -0.1) is 0 Å². The van der Waals surface area contributed by atoms with Crippen molar-refractivity contribution in [1.82, 2.24) is 4.90 Å². The van der Waals surface area contributed by atoms with E-state index in [9.17, 15) is 9.90 Å². The van der Waals surface area contributed by atoms with Gasteiger partial charge < -0.3 is 19.2 Å². The summed E-state index contributed by atoms with van der Waals surface area (Å²) >= 11 is 0. The lowest BCUT2D eigenvalue weighted by molar-refractivity contribution is -0.00237. The van der Waals surface area contributed by atoms with Gasteiger partial charge in [-0.1, -0.05) is 12.1 Å². The van der Waals surface area contributed by atoms with Crippen LogP contribution in [0.5, 0.6) is 0 Å². The van der Waals surface area contributed by atoms with Gasteiger partial charge in [-0.05, 0) is 38.1 Å². The lowest BCUT2D eigenvalue weighted by Crippen LogP contribution is -2.30. The van der Waals surface area contributed by atoms with E-state index in [4.69, 9.17) is 9.15 Å². The average molecular weight is 315 g/mol. The first-order chi connectivity index (χ1) is 11.1. The van der Waals surface area contributed by atoms with E-state index in [1.54, 1.807) is 11.0 Å². The number of ether oxygens (including phenoxy) is 1. The number of hydrogen-bond acceptors (Lipinski definition) is 4. The van der Waals surface area contributed by atoms with Gasteiger partial charge in [0.2, 0.25) is 0 Å². The molecule has 0 spiro atoms. The van der Waals surface area contributed by atoms with Crippen LogP contribution < -0.4 is 0 Å². The third-order valence-electron chi connectivity index (χ3n) is 4.04. The van der Waals surface area contributed by atoms with Gasteiger partial charge in [0.15, 0.2) is 0 Å². The van der Waals surface area contributed by atoms with Crippen LogP contribution >= 0.6 is 0 Å². The Balaban J connectivity index is 1.78. The summed E-state index contributed by atoms with van der Waals surface area (Å²) in [7, 11) is 0. The van der Waals surface area contributed by atoms with Crippen LogP contribution in [0.1, 0.15) is 23.0 Å². The minimum absolute atomic E-state index is 0.101. The second-order valence-corrected chi connectivity index (χ2v) is 5.76. The zero-order valence-electron chi connectivity index (χ0n) is 13.4. The molecular formula is C18H21NO4. The van der Waals surface area contributed by atoms with E-state index in [2.05, 4.69) is 0 Å². The Bertz CT molecular complexity index is 694. The van der Waals surface area contributed by atoms with Crippen LogP contribution in [0.15, 0.2) is 40.8 Å². The average Bonchev–Trinajstić information content (AvgIpc) is 3.14. The van der Waals surface area contributed by atoms with Gasteiger partial charge in [-0.25, -0.2) is 0 Å². The predicted octanol–water partition coefficient (Wildman–Crippen LogP) is 2.48. The lowest BCUT2D eigenvalue weighted by atomic mass is 10.1. The highest BCUT2D eigenvalue weighted by atomic mass is 16.5. The molecule has 0 radical (unpaired) electrons. The molecule has 0 bridgehead atoms. The standard InChI is InChI=1S/C18H21NO4/c1-3-22-17-11-19(10-15(17)20)18(21)14-6-4-5-13(9-14)16-8-7-12(2)23-16/h4-9,15,17,20H,3,10-11H2,1-2H3/t15-,17-/m1/s1. The van der Waals surface area contributed by atoms with E-state index in [1.807, 2.05) is 44.2 Å². The van der Waals surface area contributed by atoms with E-state index >= 15 is 0 Å². The Morgan fingerprint density at radius 3 is 2.87 bits per heavy atom. The minimum Gasteiger partial charge on any atom is -0.461 e. The Morgan fingerprint density at radius 2 is 2.17 bits per heavy atom. The first kappa shape index (κ1) is 15.8. The van der Waals surface area contributed by atoms with Gasteiger partial charge in [0.25, 0.3) is 5.91 Å². The monoisotopic (exact) mass is 315 g/mol. The highest BCUT2D eigenvalue weighted by Gasteiger charge is 2.34. The summed E-state index contributed by atoms with van der Waals surface area (Å²) < 4.78 is 11.1. The van der Waals surface area contributed by atoms with Gasteiger partial charge in [-0.3, -0.25) is 4.79 Å². The molecule has 0 saturated carbocycles. The number of benzene rings is 1. The Kier molecular flexibility index (Phi) is 4.50. The van der Waals surface area contributed by atoms with E-state index in [0.29, 0.717) is 25.3 Å². The summed E-state index contributed by atoms with van der Waals surface area (Å²) in [6.45, 7) is 5.01. The molecule has 3 rings (SSSR count). The van der Waals surface area contributed by atoms with Crippen LogP contribution in [0, 0.1) is 6.92 Å². The highest BCUT2D eigenvalue weighted by Crippen LogP contribution is 2.24. The van der Waals surface area contributed by atoms with Crippen molar-refractivity contribution in [1.29, 1.82) is 0 Å². The summed E-state index contributed by atoms with van der Waals surface area (Å²) in [6, 6.07) is 11.1. The summed E-state index contributed by atoms with van der Waals surface area (Å²) in [5.74, 6) is 1.47. The maximum Gasteiger partial charge on any atom is 0.254 e. The van der Waals surface area contributed by atoms with Gasteiger partial charge in [0, 0.05) is 30.8 Å². The number of carbonyl (C=O) groups is 1. The number of amides is 1. The van der Waals surface area contributed by atoms with E-state index in [-0.39, 0.29) is 12.0 Å². The second-order valence-electron chi connectivity index (χ2n) is 5.76. The molecule has 2 aromatic rings. The molecule has 0 unspecified atom stereocenters. The summed E-state index contributed by atoms with van der Waals surface area (Å²) in [5.41, 5.74) is 1.45. The normalized spacial score (nSPS) is 20.9. The lowest BCUT2D eigenvalue weighted by Gasteiger charge is -2.16. The number of nitrogens with zero attached hydrogens (tertiary/aromatic N) is 1. The Morgan fingerprint density at radius 1 is 1.35 bits per heavy atom. The molecule has 0 aliphatic carbocycles. The van der Waals surface area contributed by atoms with Crippen molar-refractivity contribution >= 4 is 5.91 Å². The minimum atomic E-state index is -0.630. The quantitative estimate of drug-likeness (QED) is 0.941. The molecule has 2 atom stereocenters. The van der Waals surface area contributed by atoms with Crippen LogP contribution in [-0.4, -0.2) is 47.8 Å². The molecule has 1 fully saturated rings. The molecule has 1 amide bonds. The third-order valence-corrected chi connectivity index (χ3v) is 4.04. The number of aliphatic hydroxyl groups excluding tert-OH is 1. The topological polar surface area (TPSA) is 62.9 Å². The molecule has 1 aromatic heterocycles. The van der Waals surface area contributed by atoms with Crippen molar-refractivity contribution in [2.24, 2.45) is 0 Å². The number of rotatable bonds is 4. The fourth-order valence-electron chi connectivity index (χ4n) is 2.88. The number of aliphatic hydroxyl groups is 1. The first-order valence-corrected chi connectivity index (χ1v) is 7.84. The molecule has 1 aliphatic heterocycles. The Labute approximate surface area is 135 Å². The molecule has 5 heteroatoms. The molecule has 1 saturated heterocycles. The molecular weight excluding hydrogens is 294 g/mol. The molecule has 1 aromatic carbocycles. The number of hydrogen-bond donors (Lipinski definition) is 1. The summed E-state index contributed by atoms with van der Waals surface area (Å²) in [6.07, 6.45) is -0.935. The number of β-amino-alcohol motifs (C(OH)–C–C–N with tert-alkyl or cyclic N) is 1. The maximum absolute atomic E-state index is 12.7. The second kappa shape index (κ2) is 6.56. The molecule has 122 valence electrons. The van der Waals surface area contributed by atoms with Crippen molar-refractivity contribution in [2.75, 3.05) is 19.7 Å². The largest absolute Gasteiger partial charge is 0.461 e. The maximum atomic E-state index is 12.7. The smallest absolute Gasteiger partial charge is 0.254 e. The molecule has 23 heavy (non-hydrogen) atoms. The SMILES string of the molecule is CCO[C@@H]1CN(C(=O)c2cccc(-c3ccc(C)o3)c2)C[C@H]1O. The van der Waals surface area contributed by atoms with E-state index in [1.165, 1.54) is 0 Å². The van der Waals surface area contributed by atoms with Crippen LogP contribution in [0.4, 0.5) is 0 Å². The predicted molar refractivity (Wildman–Crippen MR) is 86.2 cm³/mol. The third kappa shape index (κ3) is 3.30. The number of aryl methyl sites for hydroxylation is 1.